The average molecular weight is 369 g/mol. The maximum Gasteiger partial charge on any atom is 0.152 e. The number of pyridine rings is 1. The van der Waals surface area contributed by atoms with E-state index >= 15 is 0 Å². The number of halogens is 2. The van der Waals surface area contributed by atoms with Crippen molar-refractivity contribution in [3.63, 3.8) is 0 Å². The largest absolute Gasteiger partial charge is 0.336 e. The van der Waals surface area contributed by atoms with E-state index < -0.39 is 0 Å². The van der Waals surface area contributed by atoms with Crippen molar-refractivity contribution in [2.24, 2.45) is 0 Å². The Hall–Kier alpha value is -3.06. The lowest BCUT2D eigenvalue weighted by molar-refractivity contribution is 0.625. The lowest BCUT2D eigenvalue weighted by Gasteiger charge is -2.03. The molecule has 0 spiro atoms. The third kappa shape index (κ3) is 3.48. The number of rotatable bonds is 5. The maximum atomic E-state index is 13.0. The molecule has 0 aliphatic carbocycles. The fourth-order valence-electron chi connectivity index (χ4n) is 2.64. The summed E-state index contributed by atoms with van der Waals surface area (Å²) >= 11 is 6.04. The van der Waals surface area contributed by atoms with Gasteiger partial charge in [0.05, 0.1) is 12.0 Å². The molecule has 0 saturated carbocycles. The van der Waals surface area contributed by atoms with Gasteiger partial charge in [0, 0.05) is 24.5 Å². The van der Waals surface area contributed by atoms with Crippen LogP contribution in [0.25, 0.3) is 22.6 Å². The molecule has 1 N–H and O–H groups in total. The number of aryl methyl sites for hydroxylation is 2. The number of hydrogen-bond donors (Lipinski definition) is 1. The molecule has 130 valence electrons. The van der Waals surface area contributed by atoms with Gasteiger partial charge in [-0.3, -0.25) is 4.98 Å². The monoisotopic (exact) mass is 368 g/mol. The molecule has 0 radical (unpaired) electrons. The Bertz CT molecular complexity index is 1020. The Kier molecular flexibility index (Phi) is 4.45. The van der Waals surface area contributed by atoms with E-state index in [4.69, 9.17) is 11.6 Å². The van der Waals surface area contributed by atoms with E-state index in [1.54, 1.807) is 24.7 Å². The third-order valence-electron chi connectivity index (χ3n) is 4.01. The van der Waals surface area contributed by atoms with E-state index in [9.17, 15) is 4.39 Å². The molecule has 0 amide bonds. The first kappa shape index (κ1) is 16.4. The molecule has 1 aromatic carbocycles. The molecule has 0 saturated heterocycles. The van der Waals surface area contributed by atoms with E-state index in [0.29, 0.717) is 10.8 Å². The van der Waals surface area contributed by atoms with Crippen molar-refractivity contribution >= 4 is 11.6 Å². The van der Waals surface area contributed by atoms with Gasteiger partial charge in [0.1, 0.15) is 17.2 Å². The highest BCUT2D eigenvalue weighted by Gasteiger charge is 2.11. The van der Waals surface area contributed by atoms with Crippen LogP contribution in [0.5, 0.6) is 0 Å². The van der Waals surface area contributed by atoms with E-state index in [-0.39, 0.29) is 5.82 Å². The Balaban J connectivity index is 1.51. The van der Waals surface area contributed by atoms with Crippen molar-refractivity contribution in [2.75, 3.05) is 0 Å². The molecule has 6 nitrogen and oxygen atoms in total. The van der Waals surface area contributed by atoms with Crippen LogP contribution >= 0.6 is 11.6 Å². The average Bonchev–Trinajstić information content (AvgIpc) is 3.30. The Morgan fingerprint density at radius 1 is 1.08 bits per heavy atom. The Morgan fingerprint density at radius 3 is 2.69 bits per heavy atom. The van der Waals surface area contributed by atoms with Crippen molar-refractivity contribution in [2.45, 2.75) is 13.0 Å². The first-order chi connectivity index (χ1) is 12.7. The van der Waals surface area contributed by atoms with Crippen molar-refractivity contribution in [3.05, 3.63) is 71.7 Å². The number of H-pyrrole nitrogens is 1. The summed E-state index contributed by atoms with van der Waals surface area (Å²) in [5, 5.41) is 10.7. The summed E-state index contributed by atoms with van der Waals surface area (Å²) in [7, 11) is 0. The summed E-state index contributed by atoms with van der Waals surface area (Å²) in [4.78, 5) is 8.79. The molecule has 0 aliphatic rings. The molecule has 0 bridgehead atoms. The highest BCUT2D eigenvalue weighted by atomic mass is 35.5. The molecule has 0 unspecified atom stereocenters. The zero-order chi connectivity index (χ0) is 17.9. The van der Waals surface area contributed by atoms with E-state index in [2.05, 4.69) is 25.4 Å². The van der Waals surface area contributed by atoms with Crippen LogP contribution in [0.15, 0.2) is 55.1 Å². The summed E-state index contributed by atoms with van der Waals surface area (Å²) in [6.45, 7) is 0.743. The SMILES string of the molecule is Fc1ccc(CCn2cnc(-c3cc(-c4nn[nH]c4Cl)ccn3)c2)cc1. The van der Waals surface area contributed by atoms with Gasteiger partial charge in [0.2, 0.25) is 0 Å². The van der Waals surface area contributed by atoms with Gasteiger partial charge in [0.25, 0.3) is 0 Å². The smallest absolute Gasteiger partial charge is 0.152 e. The third-order valence-corrected chi connectivity index (χ3v) is 4.27. The minimum absolute atomic E-state index is 0.225. The van der Waals surface area contributed by atoms with Crippen LogP contribution in [0.2, 0.25) is 5.15 Å². The Morgan fingerprint density at radius 2 is 1.92 bits per heavy atom. The number of aromatic amines is 1. The Labute approximate surface area is 153 Å². The van der Waals surface area contributed by atoms with Gasteiger partial charge in [0.15, 0.2) is 5.15 Å². The number of hydrogen-bond acceptors (Lipinski definition) is 4. The van der Waals surface area contributed by atoms with Crippen molar-refractivity contribution in [1.29, 1.82) is 0 Å². The highest BCUT2D eigenvalue weighted by Crippen LogP contribution is 2.26. The molecule has 0 aliphatic heterocycles. The van der Waals surface area contributed by atoms with Gasteiger partial charge in [-0.05, 0) is 36.2 Å². The fraction of sp³-hybridized carbons (Fsp3) is 0.111. The molecule has 3 heterocycles. The number of nitrogens with zero attached hydrogens (tertiary/aromatic N) is 5. The van der Waals surface area contributed by atoms with Crippen LogP contribution < -0.4 is 0 Å². The zero-order valence-electron chi connectivity index (χ0n) is 13.6. The second-order valence-electron chi connectivity index (χ2n) is 5.78. The number of imidazole rings is 1. The quantitative estimate of drug-likeness (QED) is 0.582. The van der Waals surface area contributed by atoms with Crippen LogP contribution in [0.1, 0.15) is 5.56 Å². The van der Waals surface area contributed by atoms with Crippen LogP contribution in [-0.2, 0) is 13.0 Å². The molecule has 0 atom stereocenters. The van der Waals surface area contributed by atoms with Crippen LogP contribution in [0.4, 0.5) is 4.39 Å². The second-order valence-corrected chi connectivity index (χ2v) is 6.16. The van der Waals surface area contributed by atoms with Crippen molar-refractivity contribution in [1.82, 2.24) is 29.9 Å². The molecule has 4 rings (SSSR count). The zero-order valence-corrected chi connectivity index (χ0v) is 14.4. The minimum atomic E-state index is -0.225. The van der Waals surface area contributed by atoms with Crippen molar-refractivity contribution < 1.29 is 4.39 Å². The molecule has 26 heavy (non-hydrogen) atoms. The van der Waals surface area contributed by atoms with E-state index in [1.165, 1.54) is 12.1 Å². The molecule has 0 fully saturated rings. The summed E-state index contributed by atoms with van der Waals surface area (Å²) in [6, 6.07) is 10.2. The second kappa shape index (κ2) is 7.05. The predicted octanol–water partition coefficient (Wildman–Crippen LogP) is 3.77. The van der Waals surface area contributed by atoms with Crippen LogP contribution in [0.3, 0.4) is 0 Å². The summed E-state index contributed by atoms with van der Waals surface area (Å²) < 4.78 is 14.9. The lowest BCUT2D eigenvalue weighted by atomic mass is 10.1. The number of aromatic nitrogens is 6. The maximum absolute atomic E-state index is 13.0. The summed E-state index contributed by atoms with van der Waals surface area (Å²) in [6.07, 6.45) is 6.17. The number of nitrogens with one attached hydrogen (secondary N) is 1. The van der Waals surface area contributed by atoms with Gasteiger partial charge in [-0.1, -0.05) is 28.9 Å². The lowest BCUT2D eigenvalue weighted by Crippen LogP contribution is -1.98. The molecule has 4 aromatic rings. The van der Waals surface area contributed by atoms with Crippen molar-refractivity contribution in [3.8, 4) is 22.6 Å². The number of benzene rings is 1. The topological polar surface area (TPSA) is 72.3 Å². The fourth-order valence-corrected chi connectivity index (χ4v) is 2.83. The van der Waals surface area contributed by atoms with Gasteiger partial charge in [-0.2, -0.15) is 0 Å². The summed E-state index contributed by atoms with van der Waals surface area (Å²) in [5.74, 6) is -0.225. The molecule has 8 heteroatoms. The van der Waals surface area contributed by atoms with Gasteiger partial charge in [-0.15, -0.1) is 5.10 Å². The first-order valence-electron chi connectivity index (χ1n) is 7.98. The highest BCUT2D eigenvalue weighted by molar-refractivity contribution is 6.31. The molecular formula is C18H14ClFN6. The van der Waals surface area contributed by atoms with Gasteiger partial charge < -0.3 is 4.57 Å². The molecule has 3 aromatic heterocycles. The minimum Gasteiger partial charge on any atom is -0.336 e. The van der Waals surface area contributed by atoms with E-state index in [0.717, 1.165) is 35.5 Å². The van der Waals surface area contributed by atoms with Gasteiger partial charge >= 0.3 is 0 Å². The van der Waals surface area contributed by atoms with Crippen LogP contribution in [-0.4, -0.2) is 29.9 Å². The standard InChI is InChI=1S/C18H14ClFN6/c19-18-17(23-25-24-18)13-5-7-21-15(9-13)16-10-26(11-22-16)8-6-12-1-3-14(20)4-2-12/h1-5,7,9-11H,6,8H2,(H,23,24,25). The van der Waals surface area contributed by atoms with Gasteiger partial charge in [-0.25, -0.2) is 14.5 Å². The first-order valence-corrected chi connectivity index (χ1v) is 8.36. The summed E-state index contributed by atoms with van der Waals surface area (Å²) in [5.41, 5.74) is 3.94. The normalized spacial score (nSPS) is 11.0. The van der Waals surface area contributed by atoms with Crippen LogP contribution in [0, 0.1) is 5.82 Å². The molecular weight excluding hydrogens is 355 g/mol. The van der Waals surface area contributed by atoms with E-state index in [1.807, 2.05) is 22.9 Å². The predicted molar refractivity (Wildman–Crippen MR) is 95.9 cm³/mol.